The molecule has 1 fully saturated rings. The summed E-state index contributed by atoms with van der Waals surface area (Å²) in [5, 5.41) is 4.76. The van der Waals surface area contributed by atoms with Crippen molar-refractivity contribution in [2.75, 3.05) is 6.54 Å². The van der Waals surface area contributed by atoms with Gasteiger partial charge in [0.2, 0.25) is 11.7 Å². The third-order valence-electron chi connectivity index (χ3n) is 4.18. The zero-order valence-electron chi connectivity index (χ0n) is 12.7. The predicted molar refractivity (Wildman–Crippen MR) is 86.4 cm³/mol. The fraction of sp³-hybridized carbons (Fsp3) is 0.500. The van der Waals surface area contributed by atoms with Crippen molar-refractivity contribution in [2.24, 2.45) is 5.73 Å². The lowest BCUT2D eigenvalue weighted by molar-refractivity contribution is 0.109. The van der Waals surface area contributed by atoms with Crippen LogP contribution in [0.2, 0.25) is 5.02 Å². The summed E-state index contributed by atoms with van der Waals surface area (Å²) in [7, 11) is 0. The van der Waals surface area contributed by atoms with E-state index >= 15 is 0 Å². The molecule has 2 atom stereocenters. The molecule has 0 radical (unpaired) electrons. The van der Waals surface area contributed by atoms with Gasteiger partial charge in [-0.15, -0.1) is 0 Å². The van der Waals surface area contributed by atoms with Crippen LogP contribution in [0.25, 0.3) is 11.4 Å². The van der Waals surface area contributed by atoms with Gasteiger partial charge in [0.15, 0.2) is 0 Å². The van der Waals surface area contributed by atoms with Crippen LogP contribution in [-0.2, 0) is 6.54 Å². The first-order chi connectivity index (χ1) is 10.6. The number of rotatable bonds is 4. The lowest BCUT2D eigenvalue weighted by Gasteiger charge is -2.37. The Morgan fingerprint density at radius 2 is 2.14 bits per heavy atom. The summed E-state index contributed by atoms with van der Waals surface area (Å²) >= 11 is 5.90. The maximum atomic E-state index is 6.10. The molecule has 2 aromatic rings. The first kappa shape index (κ1) is 15.5. The standard InChI is InChI=1S/C16H21ClN4O/c1-11(18)14-4-2-3-9-21(14)10-15-19-16(20-22-15)12-5-7-13(17)8-6-12/h5-8,11,14H,2-4,9-10,18H2,1H3. The van der Waals surface area contributed by atoms with E-state index < -0.39 is 0 Å². The summed E-state index contributed by atoms with van der Waals surface area (Å²) in [5.41, 5.74) is 7.01. The Bertz CT molecular complexity index is 611. The van der Waals surface area contributed by atoms with Crippen LogP contribution in [0, 0.1) is 0 Å². The second-order valence-electron chi connectivity index (χ2n) is 5.91. The van der Waals surface area contributed by atoms with Crippen molar-refractivity contribution in [2.45, 2.75) is 44.8 Å². The summed E-state index contributed by atoms with van der Waals surface area (Å²) < 4.78 is 5.40. The molecule has 1 aromatic carbocycles. The first-order valence-corrected chi connectivity index (χ1v) is 8.09. The molecule has 0 aliphatic carbocycles. The minimum absolute atomic E-state index is 0.152. The summed E-state index contributed by atoms with van der Waals surface area (Å²) in [5.74, 6) is 1.23. The van der Waals surface area contributed by atoms with Crippen molar-refractivity contribution < 1.29 is 4.52 Å². The van der Waals surface area contributed by atoms with Gasteiger partial charge in [-0.1, -0.05) is 23.2 Å². The Hall–Kier alpha value is -1.43. The first-order valence-electron chi connectivity index (χ1n) is 7.71. The molecular formula is C16H21ClN4O. The number of hydrogen-bond acceptors (Lipinski definition) is 5. The van der Waals surface area contributed by atoms with Gasteiger partial charge in [0, 0.05) is 22.7 Å². The lowest BCUT2D eigenvalue weighted by atomic mass is 9.97. The van der Waals surface area contributed by atoms with Gasteiger partial charge < -0.3 is 10.3 Å². The number of piperidine rings is 1. The van der Waals surface area contributed by atoms with Crippen molar-refractivity contribution in [3.63, 3.8) is 0 Å². The molecule has 2 unspecified atom stereocenters. The zero-order valence-corrected chi connectivity index (χ0v) is 13.5. The largest absolute Gasteiger partial charge is 0.338 e. The Morgan fingerprint density at radius 3 is 2.86 bits per heavy atom. The number of halogens is 1. The van der Waals surface area contributed by atoms with Crippen LogP contribution in [0.5, 0.6) is 0 Å². The fourth-order valence-corrected chi connectivity index (χ4v) is 3.14. The molecule has 2 N–H and O–H groups in total. The van der Waals surface area contributed by atoms with Crippen molar-refractivity contribution in [3.05, 3.63) is 35.2 Å². The van der Waals surface area contributed by atoms with E-state index in [2.05, 4.69) is 22.0 Å². The molecule has 1 aliphatic rings. The van der Waals surface area contributed by atoms with E-state index in [4.69, 9.17) is 21.9 Å². The number of hydrogen-bond donors (Lipinski definition) is 1. The molecule has 0 amide bonds. The highest BCUT2D eigenvalue weighted by atomic mass is 35.5. The van der Waals surface area contributed by atoms with Gasteiger partial charge in [-0.3, -0.25) is 4.90 Å². The fourth-order valence-electron chi connectivity index (χ4n) is 3.02. The smallest absolute Gasteiger partial charge is 0.241 e. The van der Waals surface area contributed by atoms with Gasteiger partial charge in [-0.2, -0.15) is 4.98 Å². The van der Waals surface area contributed by atoms with Gasteiger partial charge in [0.05, 0.1) is 6.54 Å². The third-order valence-corrected chi connectivity index (χ3v) is 4.43. The second kappa shape index (κ2) is 6.77. The average molecular weight is 321 g/mol. The van der Waals surface area contributed by atoms with Gasteiger partial charge in [0.25, 0.3) is 0 Å². The van der Waals surface area contributed by atoms with E-state index in [1.165, 1.54) is 12.8 Å². The Morgan fingerprint density at radius 1 is 1.36 bits per heavy atom. The van der Waals surface area contributed by atoms with Crippen molar-refractivity contribution >= 4 is 11.6 Å². The molecule has 0 saturated carbocycles. The van der Waals surface area contributed by atoms with Crippen molar-refractivity contribution in [3.8, 4) is 11.4 Å². The molecular weight excluding hydrogens is 300 g/mol. The van der Waals surface area contributed by atoms with E-state index in [9.17, 15) is 0 Å². The maximum Gasteiger partial charge on any atom is 0.241 e. The van der Waals surface area contributed by atoms with Crippen LogP contribution in [0.1, 0.15) is 32.1 Å². The van der Waals surface area contributed by atoms with Crippen molar-refractivity contribution in [1.82, 2.24) is 15.0 Å². The third kappa shape index (κ3) is 3.48. The van der Waals surface area contributed by atoms with Crippen molar-refractivity contribution in [1.29, 1.82) is 0 Å². The van der Waals surface area contributed by atoms with E-state index in [0.29, 0.717) is 29.3 Å². The molecule has 118 valence electrons. The minimum atomic E-state index is 0.152. The Balaban J connectivity index is 1.72. The van der Waals surface area contributed by atoms with Gasteiger partial charge >= 0.3 is 0 Å². The maximum absolute atomic E-state index is 6.10. The molecule has 6 heteroatoms. The SMILES string of the molecule is CC(N)C1CCCCN1Cc1nc(-c2ccc(Cl)cc2)no1. The summed E-state index contributed by atoms with van der Waals surface area (Å²) in [6, 6.07) is 7.97. The van der Waals surface area contributed by atoms with Crippen LogP contribution in [0.15, 0.2) is 28.8 Å². The van der Waals surface area contributed by atoms with E-state index in [1.54, 1.807) is 0 Å². The predicted octanol–water partition coefficient (Wildman–Crippen LogP) is 3.09. The molecule has 5 nitrogen and oxygen atoms in total. The highest BCUT2D eigenvalue weighted by Crippen LogP contribution is 2.23. The average Bonchev–Trinajstić information content (AvgIpc) is 2.97. The number of benzene rings is 1. The molecule has 0 spiro atoms. The number of nitrogens with two attached hydrogens (primary N) is 1. The number of nitrogens with zero attached hydrogens (tertiary/aromatic N) is 3. The summed E-state index contributed by atoms with van der Waals surface area (Å²) in [6.07, 6.45) is 3.57. The lowest BCUT2D eigenvalue weighted by Crippen LogP contribution is -2.48. The van der Waals surface area contributed by atoms with Gasteiger partial charge in [0.1, 0.15) is 0 Å². The number of likely N-dealkylation sites (tertiary alicyclic amines) is 1. The van der Waals surface area contributed by atoms with Crippen LogP contribution in [-0.4, -0.2) is 33.7 Å². The van der Waals surface area contributed by atoms with E-state index in [-0.39, 0.29) is 6.04 Å². The van der Waals surface area contributed by atoms with Gasteiger partial charge in [-0.25, -0.2) is 0 Å². The minimum Gasteiger partial charge on any atom is -0.338 e. The highest BCUT2D eigenvalue weighted by Gasteiger charge is 2.26. The van der Waals surface area contributed by atoms with Crippen LogP contribution in [0.3, 0.4) is 0 Å². The normalized spacial score (nSPS) is 21.0. The number of aromatic nitrogens is 2. The highest BCUT2D eigenvalue weighted by molar-refractivity contribution is 6.30. The second-order valence-corrected chi connectivity index (χ2v) is 6.35. The summed E-state index contributed by atoms with van der Waals surface area (Å²) in [6.45, 7) is 3.76. The monoisotopic (exact) mass is 320 g/mol. The zero-order chi connectivity index (χ0) is 15.5. The van der Waals surface area contributed by atoms with E-state index in [1.807, 2.05) is 24.3 Å². The molecule has 22 heavy (non-hydrogen) atoms. The van der Waals surface area contributed by atoms with Gasteiger partial charge in [-0.05, 0) is 50.6 Å². The Labute approximate surface area is 135 Å². The summed E-state index contributed by atoms with van der Waals surface area (Å²) in [4.78, 5) is 6.85. The van der Waals surface area contributed by atoms with Crippen LogP contribution >= 0.6 is 11.6 Å². The molecule has 2 heterocycles. The topological polar surface area (TPSA) is 68.2 Å². The molecule has 1 aliphatic heterocycles. The van der Waals surface area contributed by atoms with Crippen LogP contribution in [0.4, 0.5) is 0 Å². The quantitative estimate of drug-likeness (QED) is 0.937. The molecule has 1 aromatic heterocycles. The molecule has 3 rings (SSSR count). The van der Waals surface area contributed by atoms with Crippen LogP contribution < -0.4 is 5.73 Å². The molecule has 1 saturated heterocycles. The molecule has 0 bridgehead atoms. The van der Waals surface area contributed by atoms with E-state index in [0.717, 1.165) is 18.5 Å². The Kier molecular flexibility index (Phi) is 4.76.